The molecular formula is C12H14F2N7O3S-. The summed E-state index contributed by atoms with van der Waals surface area (Å²) in [6, 6.07) is 0. The Labute approximate surface area is 141 Å². The Balaban J connectivity index is 1.92. The van der Waals surface area contributed by atoms with Crippen LogP contribution < -0.4 is 10.6 Å². The molecule has 4 rings (SSSR count). The molecule has 25 heavy (non-hydrogen) atoms. The minimum atomic E-state index is -5.14. The molecule has 1 spiro atoms. The van der Waals surface area contributed by atoms with Gasteiger partial charge in [-0.3, -0.25) is 5.32 Å². The van der Waals surface area contributed by atoms with Gasteiger partial charge in [0.15, 0.2) is 0 Å². The van der Waals surface area contributed by atoms with Crippen molar-refractivity contribution in [2.45, 2.75) is 17.1 Å². The highest BCUT2D eigenvalue weighted by Gasteiger charge is 2.65. The Morgan fingerprint density at radius 3 is 2.88 bits per heavy atom. The summed E-state index contributed by atoms with van der Waals surface area (Å²) in [5.74, 6) is -0.760. The van der Waals surface area contributed by atoms with Crippen LogP contribution in [-0.2, 0) is 15.1 Å². The molecule has 0 saturated carbocycles. The van der Waals surface area contributed by atoms with E-state index in [4.69, 9.17) is 0 Å². The van der Waals surface area contributed by atoms with Crippen LogP contribution in [0.2, 0.25) is 0 Å². The Kier molecular flexibility index (Phi) is 3.32. The van der Waals surface area contributed by atoms with Crippen molar-refractivity contribution < 1.29 is 21.8 Å². The molecule has 1 aromatic heterocycles. The Morgan fingerprint density at radius 1 is 1.48 bits per heavy atom. The number of alkyl halides is 2. The molecule has 3 atom stereocenters. The van der Waals surface area contributed by atoms with Gasteiger partial charge >= 0.3 is 6.55 Å². The van der Waals surface area contributed by atoms with Crippen LogP contribution in [0.5, 0.6) is 0 Å². The number of aromatic nitrogens is 4. The molecule has 2 aliphatic heterocycles. The normalized spacial score (nSPS) is 34.4. The van der Waals surface area contributed by atoms with Crippen LogP contribution in [-0.4, -0.2) is 63.8 Å². The molecule has 13 heteroatoms. The number of nitrogens with zero attached hydrogens (tertiary/aromatic N) is 5. The van der Waals surface area contributed by atoms with Gasteiger partial charge in [-0.1, -0.05) is 16.9 Å². The molecule has 0 radical (unpaired) electrons. The molecule has 0 amide bonds. The summed E-state index contributed by atoms with van der Waals surface area (Å²) in [5.41, 5.74) is -0.338. The van der Waals surface area contributed by atoms with Gasteiger partial charge in [0.1, 0.15) is 10.1 Å². The monoisotopic (exact) mass is 374 g/mol. The van der Waals surface area contributed by atoms with E-state index in [-0.39, 0.29) is 10.7 Å². The van der Waals surface area contributed by atoms with Gasteiger partial charge in [-0.15, -0.1) is 10.2 Å². The zero-order valence-corrected chi connectivity index (χ0v) is 13.7. The van der Waals surface area contributed by atoms with E-state index < -0.39 is 33.0 Å². The first-order valence-electron chi connectivity index (χ1n) is 7.39. The fraction of sp³-hybridized carbons (Fsp3) is 0.583. The van der Waals surface area contributed by atoms with Crippen LogP contribution in [0.1, 0.15) is 12.4 Å². The van der Waals surface area contributed by atoms with Crippen LogP contribution in [0.4, 0.5) is 8.78 Å². The second kappa shape index (κ2) is 5.03. The average Bonchev–Trinajstić information content (AvgIpc) is 3.21. The molecule has 3 aliphatic rings. The number of hydrogen-bond donors (Lipinski definition) is 2. The predicted molar refractivity (Wildman–Crippen MR) is 77.7 cm³/mol. The molecule has 1 aromatic rings. The Bertz CT molecular complexity index is 885. The molecule has 0 aromatic carbocycles. The minimum Gasteiger partial charge on any atom is -0.745 e. The van der Waals surface area contributed by atoms with Gasteiger partial charge in [0.05, 0.1) is 5.54 Å². The van der Waals surface area contributed by atoms with Gasteiger partial charge in [0.2, 0.25) is 10.8 Å². The lowest BCUT2D eigenvalue weighted by Gasteiger charge is -2.36. The first-order chi connectivity index (χ1) is 11.7. The summed E-state index contributed by atoms with van der Waals surface area (Å²) in [4.78, 5) is -1.26. The summed E-state index contributed by atoms with van der Waals surface area (Å²) in [6.45, 7) is -2.18. The summed E-state index contributed by atoms with van der Waals surface area (Å²) < 4.78 is 62.3. The van der Waals surface area contributed by atoms with Crippen molar-refractivity contribution >= 4 is 10.1 Å². The van der Waals surface area contributed by atoms with Gasteiger partial charge in [-0.2, -0.15) is 8.78 Å². The van der Waals surface area contributed by atoms with E-state index in [9.17, 15) is 21.8 Å². The number of halogens is 2. The summed E-state index contributed by atoms with van der Waals surface area (Å²) >= 11 is 0. The third kappa shape index (κ3) is 1.97. The van der Waals surface area contributed by atoms with Gasteiger partial charge in [-0.25, -0.2) is 8.42 Å². The quantitative estimate of drug-likeness (QED) is 0.618. The highest BCUT2D eigenvalue weighted by Crippen LogP contribution is 2.48. The fourth-order valence-electron chi connectivity index (χ4n) is 3.83. The van der Waals surface area contributed by atoms with Crippen molar-refractivity contribution in [3.8, 4) is 0 Å². The Morgan fingerprint density at radius 2 is 2.24 bits per heavy atom. The highest BCUT2D eigenvalue weighted by molar-refractivity contribution is 7.86. The molecule has 2 fully saturated rings. The zero-order valence-electron chi connectivity index (χ0n) is 12.9. The van der Waals surface area contributed by atoms with E-state index >= 15 is 0 Å². The molecule has 10 nitrogen and oxygen atoms in total. The molecule has 1 aliphatic carbocycles. The van der Waals surface area contributed by atoms with E-state index in [1.54, 1.807) is 12.2 Å². The maximum absolute atomic E-state index is 12.8. The fourth-order valence-corrected chi connectivity index (χ4v) is 4.88. The van der Waals surface area contributed by atoms with E-state index in [0.717, 1.165) is 0 Å². The minimum absolute atomic E-state index is 0.0333. The smallest absolute Gasteiger partial charge is 0.350 e. The lowest BCUT2D eigenvalue weighted by molar-refractivity contribution is 0.0388. The number of rotatable bonds is 3. The van der Waals surface area contributed by atoms with Crippen LogP contribution >= 0.6 is 0 Å². The first kappa shape index (κ1) is 16.5. The maximum Gasteiger partial charge on any atom is 0.350 e. The lowest BCUT2D eigenvalue weighted by Crippen LogP contribution is -2.59. The molecular weight excluding hydrogens is 360 g/mol. The highest BCUT2D eigenvalue weighted by atomic mass is 32.2. The van der Waals surface area contributed by atoms with Gasteiger partial charge in [-0.05, 0) is 11.3 Å². The van der Waals surface area contributed by atoms with Gasteiger partial charge < -0.3 is 14.8 Å². The van der Waals surface area contributed by atoms with Crippen molar-refractivity contribution in [1.82, 2.24) is 35.7 Å². The zero-order chi connectivity index (χ0) is 18.0. The third-order valence-corrected chi connectivity index (χ3v) is 6.23. The molecule has 2 N–H and O–H groups in total. The predicted octanol–water partition coefficient (Wildman–Crippen LogP) is -1.33. The van der Waals surface area contributed by atoms with E-state index in [1.165, 1.54) is 11.9 Å². The number of nitrogens with one attached hydrogen (secondary N) is 2. The van der Waals surface area contributed by atoms with Crippen LogP contribution in [0.25, 0.3) is 0 Å². The second-order valence-electron chi connectivity index (χ2n) is 6.14. The van der Waals surface area contributed by atoms with Gasteiger partial charge in [0.25, 0.3) is 0 Å². The number of tetrazole rings is 1. The van der Waals surface area contributed by atoms with Crippen LogP contribution in [0.15, 0.2) is 23.9 Å². The molecule has 3 unspecified atom stereocenters. The molecule has 2 saturated heterocycles. The molecule has 0 bridgehead atoms. The number of allylic oxidation sites excluding steroid dienone is 2. The standard InChI is InChI=1S/C12H15F2N7O3S/c1-20-8-4-2-3-7-5-15-6-11(7,8)18-12(20,25(22,23)24)9-16-19-21(17-9)10(13)14/h2-4,7,10,15,18H,5-6H2,1H3,(H,22,23,24)/p-1. The molecule has 3 heterocycles. The summed E-state index contributed by atoms with van der Waals surface area (Å²) in [5, 5.41) is 16.0. The maximum atomic E-state index is 12.8. The second-order valence-corrected chi connectivity index (χ2v) is 7.64. The number of hydrogen-bond acceptors (Lipinski definition) is 9. The van der Waals surface area contributed by atoms with E-state index in [2.05, 4.69) is 26.0 Å². The van der Waals surface area contributed by atoms with Crippen molar-refractivity contribution in [3.63, 3.8) is 0 Å². The number of likely N-dealkylation sites (N-methyl/N-ethyl adjacent to an activating group) is 1. The first-order valence-corrected chi connectivity index (χ1v) is 8.79. The third-order valence-electron chi connectivity index (χ3n) is 4.95. The Hall–Kier alpha value is -1.96. The van der Waals surface area contributed by atoms with Crippen molar-refractivity contribution in [2.75, 3.05) is 20.1 Å². The summed E-state index contributed by atoms with van der Waals surface area (Å²) in [7, 11) is -3.75. The van der Waals surface area contributed by atoms with Crippen LogP contribution in [0.3, 0.4) is 0 Å². The van der Waals surface area contributed by atoms with Crippen molar-refractivity contribution in [3.05, 3.63) is 29.7 Å². The summed E-state index contributed by atoms with van der Waals surface area (Å²) in [6.07, 6.45) is 5.34. The van der Waals surface area contributed by atoms with Crippen molar-refractivity contribution in [1.29, 1.82) is 0 Å². The molecule has 136 valence electrons. The van der Waals surface area contributed by atoms with Crippen LogP contribution in [0, 0.1) is 5.92 Å². The SMILES string of the molecule is CN1C2=CC=CC3CNCC23NC1(c1nnn(C(F)F)n1)S(=O)(=O)[O-]. The van der Waals surface area contributed by atoms with E-state index in [0.29, 0.717) is 18.8 Å². The van der Waals surface area contributed by atoms with Gasteiger partial charge in [0, 0.05) is 31.8 Å². The van der Waals surface area contributed by atoms with E-state index in [1.807, 2.05) is 6.08 Å². The topological polar surface area (TPSA) is 128 Å². The van der Waals surface area contributed by atoms with Crippen molar-refractivity contribution in [2.24, 2.45) is 5.92 Å². The average molecular weight is 374 g/mol. The lowest BCUT2D eigenvalue weighted by atomic mass is 9.81. The largest absolute Gasteiger partial charge is 0.745 e.